The number of hydrogen-bond acceptors (Lipinski definition) is 4. The van der Waals surface area contributed by atoms with Crippen LogP contribution in [0.25, 0.3) is 0 Å². The smallest absolute Gasteiger partial charge is 0.317 e. The number of hydrogen-bond donors (Lipinski definition) is 1. The molecule has 1 fully saturated rings. The van der Waals surface area contributed by atoms with E-state index in [1.165, 1.54) is 11.3 Å². The SMILES string of the molecule is CCOC(=O)C1CCN(C(=O)NCCN(CC)c2cccc(C)c2)CC1. The van der Waals surface area contributed by atoms with Crippen molar-refractivity contribution in [1.29, 1.82) is 0 Å². The fourth-order valence-corrected chi connectivity index (χ4v) is 3.28. The molecule has 1 aromatic rings. The van der Waals surface area contributed by atoms with Crippen LogP contribution in [0.2, 0.25) is 0 Å². The highest BCUT2D eigenvalue weighted by Gasteiger charge is 2.28. The zero-order valence-corrected chi connectivity index (χ0v) is 16.2. The topological polar surface area (TPSA) is 61.9 Å². The third kappa shape index (κ3) is 5.64. The lowest BCUT2D eigenvalue weighted by Crippen LogP contribution is -2.47. The van der Waals surface area contributed by atoms with Crippen LogP contribution in [-0.4, -0.2) is 56.2 Å². The van der Waals surface area contributed by atoms with Crippen LogP contribution in [0.15, 0.2) is 24.3 Å². The van der Waals surface area contributed by atoms with E-state index in [1.54, 1.807) is 4.90 Å². The van der Waals surface area contributed by atoms with Gasteiger partial charge in [-0.2, -0.15) is 0 Å². The van der Waals surface area contributed by atoms with Crippen LogP contribution in [0.5, 0.6) is 0 Å². The van der Waals surface area contributed by atoms with Crippen LogP contribution in [0.3, 0.4) is 0 Å². The predicted molar refractivity (Wildman–Crippen MR) is 103 cm³/mol. The van der Waals surface area contributed by atoms with Gasteiger partial charge in [-0.1, -0.05) is 12.1 Å². The number of anilines is 1. The molecule has 0 unspecified atom stereocenters. The van der Waals surface area contributed by atoms with Crippen molar-refractivity contribution in [2.75, 3.05) is 44.2 Å². The number of nitrogens with zero attached hydrogens (tertiary/aromatic N) is 2. The summed E-state index contributed by atoms with van der Waals surface area (Å²) in [5.74, 6) is -0.208. The number of carbonyl (C=O) groups is 2. The lowest BCUT2D eigenvalue weighted by atomic mass is 9.97. The number of benzene rings is 1. The molecule has 26 heavy (non-hydrogen) atoms. The Morgan fingerprint density at radius 3 is 2.62 bits per heavy atom. The van der Waals surface area contributed by atoms with Gasteiger partial charge in [-0.15, -0.1) is 0 Å². The third-order valence-corrected chi connectivity index (χ3v) is 4.81. The fraction of sp³-hybridized carbons (Fsp3) is 0.600. The van der Waals surface area contributed by atoms with Crippen molar-refractivity contribution in [3.8, 4) is 0 Å². The number of piperidine rings is 1. The lowest BCUT2D eigenvalue weighted by Gasteiger charge is -2.31. The molecule has 0 atom stereocenters. The van der Waals surface area contributed by atoms with Gasteiger partial charge in [-0.25, -0.2) is 4.79 Å². The van der Waals surface area contributed by atoms with Gasteiger partial charge in [-0.3, -0.25) is 4.79 Å². The Balaban J connectivity index is 1.74. The first-order chi connectivity index (χ1) is 12.5. The summed E-state index contributed by atoms with van der Waals surface area (Å²) < 4.78 is 5.07. The Hall–Kier alpha value is -2.24. The van der Waals surface area contributed by atoms with E-state index in [0.29, 0.717) is 39.1 Å². The molecule has 0 aromatic heterocycles. The van der Waals surface area contributed by atoms with E-state index >= 15 is 0 Å². The van der Waals surface area contributed by atoms with E-state index in [9.17, 15) is 9.59 Å². The van der Waals surface area contributed by atoms with Crippen molar-refractivity contribution in [1.82, 2.24) is 10.2 Å². The van der Waals surface area contributed by atoms with E-state index in [2.05, 4.69) is 48.3 Å². The molecule has 1 heterocycles. The number of aryl methyl sites for hydroxylation is 1. The van der Waals surface area contributed by atoms with Gasteiger partial charge in [0.05, 0.1) is 12.5 Å². The number of likely N-dealkylation sites (N-methyl/N-ethyl adjacent to an activating group) is 1. The monoisotopic (exact) mass is 361 g/mol. The summed E-state index contributed by atoms with van der Waals surface area (Å²) in [6.07, 6.45) is 1.35. The molecule has 1 N–H and O–H groups in total. The second-order valence-electron chi connectivity index (χ2n) is 6.66. The highest BCUT2D eigenvalue weighted by atomic mass is 16.5. The number of ether oxygens (including phenoxy) is 1. The van der Waals surface area contributed by atoms with Crippen LogP contribution in [0.4, 0.5) is 10.5 Å². The molecule has 0 radical (unpaired) electrons. The lowest BCUT2D eigenvalue weighted by molar-refractivity contribution is -0.149. The van der Waals surface area contributed by atoms with Crippen molar-refractivity contribution < 1.29 is 14.3 Å². The Kier molecular flexibility index (Phi) is 7.75. The maximum absolute atomic E-state index is 12.3. The number of rotatable bonds is 7. The summed E-state index contributed by atoms with van der Waals surface area (Å²) in [4.78, 5) is 28.1. The van der Waals surface area contributed by atoms with Crippen LogP contribution < -0.4 is 10.2 Å². The average Bonchev–Trinajstić information content (AvgIpc) is 2.65. The highest BCUT2D eigenvalue weighted by molar-refractivity contribution is 5.76. The minimum absolute atomic E-state index is 0.0485. The van der Waals surface area contributed by atoms with Crippen LogP contribution >= 0.6 is 0 Å². The summed E-state index contributed by atoms with van der Waals surface area (Å²) in [6, 6.07) is 8.34. The molecule has 2 rings (SSSR count). The largest absolute Gasteiger partial charge is 0.466 e. The molecule has 144 valence electrons. The van der Waals surface area contributed by atoms with Gasteiger partial charge in [0.15, 0.2) is 0 Å². The van der Waals surface area contributed by atoms with Crippen LogP contribution in [0.1, 0.15) is 32.3 Å². The molecule has 0 saturated carbocycles. The first kappa shape index (κ1) is 20.1. The summed E-state index contributed by atoms with van der Waals surface area (Å²) in [5.41, 5.74) is 2.41. The van der Waals surface area contributed by atoms with Gasteiger partial charge in [0.25, 0.3) is 0 Å². The van der Waals surface area contributed by atoms with Gasteiger partial charge in [0.1, 0.15) is 0 Å². The minimum atomic E-state index is -0.135. The number of urea groups is 1. The quantitative estimate of drug-likeness (QED) is 0.759. The Morgan fingerprint density at radius 1 is 1.27 bits per heavy atom. The van der Waals surface area contributed by atoms with Gasteiger partial charge in [0, 0.05) is 38.4 Å². The standard InChI is InChI=1S/C20H31N3O3/c1-4-22(18-8-6-7-16(3)15-18)14-11-21-20(25)23-12-9-17(10-13-23)19(24)26-5-2/h6-8,15,17H,4-5,9-14H2,1-3H3,(H,21,25). The van der Waals surface area contributed by atoms with Gasteiger partial charge in [0.2, 0.25) is 0 Å². The molecule has 1 aromatic carbocycles. The van der Waals surface area contributed by atoms with Crippen molar-refractivity contribution in [2.24, 2.45) is 5.92 Å². The zero-order chi connectivity index (χ0) is 18.9. The second-order valence-corrected chi connectivity index (χ2v) is 6.66. The highest BCUT2D eigenvalue weighted by Crippen LogP contribution is 2.19. The Labute approximate surface area is 156 Å². The molecule has 6 nitrogen and oxygen atoms in total. The fourth-order valence-electron chi connectivity index (χ4n) is 3.28. The molecular formula is C20H31N3O3. The number of carbonyl (C=O) groups excluding carboxylic acids is 2. The molecule has 2 amide bonds. The maximum Gasteiger partial charge on any atom is 0.317 e. The molecule has 1 aliphatic heterocycles. The van der Waals surface area contributed by atoms with Crippen LogP contribution in [0, 0.1) is 12.8 Å². The molecule has 0 bridgehead atoms. The molecule has 1 aliphatic rings. The summed E-state index contributed by atoms with van der Waals surface area (Å²) >= 11 is 0. The van der Waals surface area contributed by atoms with Crippen molar-refractivity contribution in [3.05, 3.63) is 29.8 Å². The second kappa shape index (κ2) is 10.0. The number of amides is 2. The van der Waals surface area contributed by atoms with Crippen LogP contribution in [-0.2, 0) is 9.53 Å². The van der Waals surface area contributed by atoms with Crippen molar-refractivity contribution >= 4 is 17.7 Å². The number of nitrogens with one attached hydrogen (secondary N) is 1. The first-order valence-electron chi connectivity index (χ1n) is 9.56. The molecular weight excluding hydrogens is 330 g/mol. The van der Waals surface area contributed by atoms with E-state index < -0.39 is 0 Å². The molecule has 1 saturated heterocycles. The van der Waals surface area contributed by atoms with Gasteiger partial charge in [-0.05, 0) is 51.3 Å². The third-order valence-electron chi connectivity index (χ3n) is 4.81. The predicted octanol–water partition coefficient (Wildman–Crippen LogP) is 2.81. The molecule has 0 aliphatic carbocycles. The van der Waals surface area contributed by atoms with Crippen molar-refractivity contribution in [2.45, 2.75) is 33.6 Å². The zero-order valence-electron chi connectivity index (χ0n) is 16.2. The summed E-state index contributed by atoms with van der Waals surface area (Å²) in [5, 5.41) is 3.00. The maximum atomic E-state index is 12.3. The van der Waals surface area contributed by atoms with E-state index in [0.717, 1.165) is 13.1 Å². The Bertz CT molecular complexity index is 598. The van der Waals surface area contributed by atoms with Gasteiger partial charge >= 0.3 is 12.0 Å². The van der Waals surface area contributed by atoms with Crippen molar-refractivity contribution in [3.63, 3.8) is 0 Å². The van der Waals surface area contributed by atoms with Gasteiger partial charge < -0.3 is 19.9 Å². The summed E-state index contributed by atoms with van der Waals surface area (Å²) in [6.45, 7) is 9.89. The molecule has 0 spiro atoms. The molecule has 6 heteroatoms. The first-order valence-corrected chi connectivity index (χ1v) is 9.56. The van der Waals surface area contributed by atoms with E-state index in [-0.39, 0.29) is 17.9 Å². The number of esters is 1. The normalized spacial score (nSPS) is 14.8. The summed E-state index contributed by atoms with van der Waals surface area (Å²) in [7, 11) is 0. The minimum Gasteiger partial charge on any atom is -0.466 e. The number of likely N-dealkylation sites (tertiary alicyclic amines) is 1. The Morgan fingerprint density at radius 2 is 2.00 bits per heavy atom. The van der Waals surface area contributed by atoms with E-state index in [1.807, 2.05) is 6.92 Å². The average molecular weight is 361 g/mol. The van der Waals surface area contributed by atoms with E-state index in [4.69, 9.17) is 4.74 Å².